The first-order valence-corrected chi connectivity index (χ1v) is 8.27. The average Bonchev–Trinajstić information content (AvgIpc) is 3.09. The van der Waals surface area contributed by atoms with Gasteiger partial charge >= 0.3 is 0 Å². The highest BCUT2D eigenvalue weighted by Crippen LogP contribution is 2.25. The largest absolute Gasteiger partial charge is 0.508 e. The molecular formula is C19H13N3O2S. The monoisotopic (exact) mass is 347 g/mol. The lowest BCUT2D eigenvalue weighted by molar-refractivity contribution is -0.112. The lowest BCUT2D eigenvalue weighted by Crippen LogP contribution is -2.13. The number of rotatable bonds is 4. The molecule has 0 aliphatic heterocycles. The number of nitrogens with zero attached hydrogens (tertiary/aromatic N) is 2. The number of anilines is 1. The molecular weight excluding hydrogens is 334 g/mol. The Hall–Kier alpha value is -3.43. The number of aromatic nitrogens is 1. The van der Waals surface area contributed by atoms with E-state index in [9.17, 15) is 15.2 Å². The van der Waals surface area contributed by atoms with Crippen molar-refractivity contribution in [1.29, 1.82) is 5.26 Å². The first-order chi connectivity index (χ1) is 12.2. The van der Waals surface area contributed by atoms with Crippen LogP contribution in [0.2, 0.25) is 0 Å². The molecule has 3 rings (SSSR count). The third kappa shape index (κ3) is 4.10. The van der Waals surface area contributed by atoms with E-state index in [0.717, 1.165) is 11.3 Å². The molecule has 1 aromatic heterocycles. The zero-order valence-corrected chi connectivity index (χ0v) is 13.8. The number of thiazole rings is 1. The van der Waals surface area contributed by atoms with Crippen molar-refractivity contribution in [3.8, 4) is 23.1 Å². The summed E-state index contributed by atoms with van der Waals surface area (Å²) >= 11 is 1.29. The molecule has 1 amide bonds. The summed E-state index contributed by atoms with van der Waals surface area (Å²) < 4.78 is 0. The van der Waals surface area contributed by atoms with Crippen LogP contribution in [0.5, 0.6) is 5.75 Å². The second-order valence-electron chi connectivity index (χ2n) is 5.12. The van der Waals surface area contributed by atoms with Crippen molar-refractivity contribution in [3.05, 3.63) is 71.1 Å². The van der Waals surface area contributed by atoms with Gasteiger partial charge in [0.05, 0.1) is 5.69 Å². The van der Waals surface area contributed by atoms with Gasteiger partial charge in [0, 0.05) is 10.9 Å². The molecule has 0 radical (unpaired) electrons. The molecule has 6 heteroatoms. The Morgan fingerprint density at radius 3 is 2.72 bits per heavy atom. The summed E-state index contributed by atoms with van der Waals surface area (Å²) in [5.41, 5.74) is 2.21. The molecule has 2 N–H and O–H groups in total. The van der Waals surface area contributed by atoms with Gasteiger partial charge in [0.2, 0.25) is 0 Å². The van der Waals surface area contributed by atoms with Crippen LogP contribution in [0.3, 0.4) is 0 Å². The Kier molecular flexibility index (Phi) is 4.88. The molecule has 0 saturated carbocycles. The summed E-state index contributed by atoms with van der Waals surface area (Å²) in [5, 5.41) is 23.6. The van der Waals surface area contributed by atoms with Gasteiger partial charge in [0.25, 0.3) is 5.91 Å². The van der Waals surface area contributed by atoms with Crippen molar-refractivity contribution in [3.63, 3.8) is 0 Å². The van der Waals surface area contributed by atoms with Crippen molar-refractivity contribution in [1.82, 2.24) is 4.98 Å². The van der Waals surface area contributed by atoms with Gasteiger partial charge in [-0.25, -0.2) is 4.98 Å². The molecule has 3 aromatic rings. The Morgan fingerprint density at radius 2 is 2.00 bits per heavy atom. The molecule has 0 spiro atoms. The number of benzene rings is 2. The summed E-state index contributed by atoms with van der Waals surface area (Å²) in [7, 11) is 0. The first kappa shape index (κ1) is 16.4. The fourth-order valence-corrected chi connectivity index (χ4v) is 2.88. The standard InChI is InChI=1S/C19H13N3O2S/c20-11-15(9-13-5-4-8-16(23)10-13)18(24)22-19-21-17(12-25-19)14-6-2-1-3-7-14/h1-10,12,23H,(H,21,22,24)/b15-9+. The third-order valence-corrected chi connectivity index (χ3v) is 4.10. The van der Waals surface area contributed by atoms with Crippen LogP contribution in [0.4, 0.5) is 5.13 Å². The maximum atomic E-state index is 12.3. The van der Waals surface area contributed by atoms with Crippen LogP contribution in [0.1, 0.15) is 5.56 Å². The van der Waals surface area contributed by atoms with Gasteiger partial charge in [-0.2, -0.15) is 5.26 Å². The molecule has 5 nitrogen and oxygen atoms in total. The number of amides is 1. The summed E-state index contributed by atoms with van der Waals surface area (Å²) in [4.78, 5) is 16.6. The Balaban J connectivity index is 1.77. The molecule has 1 heterocycles. The molecule has 0 fully saturated rings. The Morgan fingerprint density at radius 1 is 1.20 bits per heavy atom. The van der Waals surface area contributed by atoms with Crippen molar-refractivity contribution in [2.24, 2.45) is 0 Å². The highest BCUT2D eigenvalue weighted by molar-refractivity contribution is 7.14. The molecule has 0 aliphatic rings. The lowest BCUT2D eigenvalue weighted by Gasteiger charge is -2.01. The number of nitriles is 1. The van der Waals surface area contributed by atoms with Gasteiger partial charge in [-0.1, -0.05) is 42.5 Å². The van der Waals surface area contributed by atoms with Gasteiger partial charge < -0.3 is 5.11 Å². The van der Waals surface area contributed by atoms with Crippen LogP contribution >= 0.6 is 11.3 Å². The van der Waals surface area contributed by atoms with Crippen LogP contribution in [-0.4, -0.2) is 16.0 Å². The molecule has 0 aliphatic carbocycles. The van der Waals surface area contributed by atoms with Gasteiger partial charge in [-0.3, -0.25) is 10.1 Å². The molecule has 25 heavy (non-hydrogen) atoms. The normalized spacial score (nSPS) is 10.9. The zero-order valence-electron chi connectivity index (χ0n) is 13.0. The molecule has 0 bridgehead atoms. The van der Waals surface area contributed by atoms with Crippen molar-refractivity contribution >= 4 is 28.5 Å². The fraction of sp³-hybridized carbons (Fsp3) is 0. The van der Waals surface area contributed by atoms with Gasteiger partial charge in [0.1, 0.15) is 17.4 Å². The van der Waals surface area contributed by atoms with Crippen molar-refractivity contribution < 1.29 is 9.90 Å². The second-order valence-corrected chi connectivity index (χ2v) is 5.98. The predicted octanol–water partition coefficient (Wildman–Crippen LogP) is 4.06. The number of nitrogens with one attached hydrogen (secondary N) is 1. The minimum absolute atomic E-state index is 0.0675. The summed E-state index contributed by atoms with van der Waals surface area (Å²) in [5.74, 6) is -0.473. The number of carbonyl (C=O) groups is 1. The number of phenolic OH excluding ortho intramolecular Hbond substituents is 1. The lowest BCUT2D eigenvalue weighted by atomic mass is 10.1. The topological polar surface area (TPSA) is 86.0 Å². The van der Waals surface area contributed by atoms with Gasteiger partial charge in [-0.15, -0.1) is 11.3 Å². The van der Waals surface area contributed by atoms with Crippen molar-refractivity contribution in [2.75, 3.05) is 5.32 Å². The van der Waals surface area contributed by atoms with Gasteiger partial charge in [0.15, 0.2) is 5.13 Å². The van der Waals surface area contributed by atoms with E-state index >= 15 is 0 Å². The number of hydrogen-bond donors (Lipinski definition) is 2. The first-order valence-electron chi connectivity index (χ1n) is 7.39. The van der Waals surface area contributed by atoms with Crippen LogP contribution < -0.4 is 5.32 Å². The van der Waals surface area contributed by atoms with Crippen LogP contribution in [0, 0.1) is 11.3 Å². The molecule has 0 atom stereocenters. The van der Waals surface area contributed by atoms with E-state index in [1.807, 2.05) is 41.8 Å². The molecule has 0 unspecified atom stereocenters. The smallest absolute Gasteiger partial charge is 0.268 e. The minimum Gasteiger partial charge on any atom is -0.508 e. The number of carbonyl (C=O) groups excluding carboxylic acids is 1. The third-order valence-electron chi connectivity index (χ3n) is 3.34. The fourth-order valence-electron chi connectivity index (χ4n) is 2.17. The van der Waals surface area contributed by atoms with E-state index in [2.05, 4.69) is 10.3 Å². The maximum absolute atomic E-state index is 12.3. The number of hydrogen-bond acceptors (Lipinski definition) is 5. The van der Waals surface area contributed by atoms with Crippen molar-refractivity contribution in [2.45, 2.75) is 0 Å². The van der Waals surface area contributed by atoms with Crippen LogP contribution in [-0.2, 0) is 4.79 Å². The van der Waals surface area contributed by atoms with Gasteiger partial charge in [-0.05, 0) is 23.8 Å². The maximum Gasteiger partial charge on any atom is 0.268 e. The van der Waals surface area contributed by atoms with E-state index < -0.39 is 5.91 Å². The highest BCUT2D eigenvalue weighted by atomic mass is 32.1. The zero-order chi connectivity index (χ0) is 17.6. The molecule has 0 saturated heterocycles. The van der Waals surface area contributed by atoms with E-state index in [4.69, 9.17) is 0 Å². The quantitative estimate of drug-likeness (QED) is 0.550. The van der Waals surface area contributed by atoms with E-state index in [0.29, 0.717) is 10.7 Å². The van der Waals surface area contributed by atoms with E-state index in [1.54, 1.807) is 12.1 Å². The Bertz CT molecular complexity index is 972. The second kappa shape index (κ2) is 7.43. The molecule has 2 aromatic carbocycles. The summed E-state index contributed by atoms with van der Waals surface area (Å²) in [6.07, 6.45) is 1.42. The highest BCUT2D eigenvalue weighted by Gasteiger charge is 2.12. The number of aromatic hydroxyl groups is 1. The minimum atomic E-state index is -0.542. The van der Waals surface area contributed by atoms with E-state index in [1.165, 1.54) is 29.5 Å². The average molecular weight is 347 g/mol. The summed E-state index contributed by atoms with van der Waals surface area (Å²) in [6, 6.07) is 17.8. The SMILES string of the molecule is N#C/C(=C\c1cccc(O)c1)C(=O)Nc1nc(-c2ccccc2)cs1. The Labute approximate surface area is 148 Å². The summed E-state index contributed by atoms with van der Waals surface area (Å²) in [6.45, 7) is 0. The van der Waals surface area contributed by atoms with E-state index in [-0.39, 0.29) is 11.3 Å². The van der Waals surface area contributed by atoms with Crippen LogP contribution in [0.25, 0.3) is 17.3 Å². The number of phenols is 1. The molecule has 122 valence electrons. The predicted molar refractivity (Wildman–Crippen MR) is 97.9 cm³/mol. The van der Waals surface area contributed by atoms with Crippen LogP contribution in [0.15, 0.2) is 65.6 Å².